The average molecular weight is 220 g/mol. The van der Waals surface area contributed by atoms with Crippen LogP contribution in [0.5, 0.6) is 5.75 Å². The molecular formula is C13H20N2O. The number of hydrogen-bond acceptors (Lipinski definition) is 3. The Morgan fingerprint density at radius 2 is 2.06 bits per heavy atom. The molecule has 1 fully saturated rings. The monoisotopic (exact) mass is 220 g/mol. The molecule has 1 heterocycles. The summed E-state index contributed by atoms with van der Waals surface area (Å²) in [7, 11) is 1.69. The van der Waals surface area contributed by atoms with Crippen LogP contribution in [0.4, 0.5) is 5.69 Å². The van der Waals surface area contributed by atoms with Gasteiger partial charge in [0.2, 0.25) is 0 Å². The Morgan fingerprint density at radius 1 is 1.31 bits per heavy atom. The topological polar surface area (TPSA) is 38.5 Å². The van der Waals surface area contributed by atoms with Gasteiger partial charge >= 0.3 is 0 Å². The highest BCUT2D eigenvalue weighted by Crippen LogP contribution is 2.20. The number of anilines is 1. The van der Waals surface area contributed by atoms with Crippen LogP contribution >= 0.6 is 0 Å². The Morgan fingerprint density at radius 3 is 2.75 bits per heavy atom. The van der Waals surface area contributed by atoms with Crippen LogP contribution in [0.15, 0.2) is 18.2 Å². The lowest BCUT2D eigenvalue weighted by Crippen LogP contribution is -2.22. The van der Waals surface area contributed by atoms with Crippen LogP contribution in [-0.4, -0.2) is 31.6 Å². The van der Waals surface area contributed by atoms with E-state index in [-0.39, 0.29) is 0 Å². The fourth-order valence-corrected chi connectivity index (χ4v) is 2.21. The molecule has 3 heteroatoms. The van der Waals surface area contributed by atoms with Gasteiger partial charge in [-0.05, 0) is 56.1 Å². The van der Waals surface area contributed by atoms with E-state index < -0.39 is 0 Å². The summed E-state index contributed by atoms with van der Waals surface area (Å²) in [4.78, 5) is 2.50. The SMILES string of the molecule is COc1ccc(N)c(CCN2CCCC2)c1. The lowest BCUT2D eigenvalue weighted by molar-refractivity contribution is 0.343. The molecule has 0 aliphatic carbocycles. The maximum atomic E-state index is 5.95. The second-order valence-corrected chi connectivity index (χ2v) is 4.36. The van der Waals surface area contributed by atoms with Crippen molar-refractivity contribution in [3.63, 3.8) is 0 Å². The predicted molar refractivity (Wildman–Crippen MR) is 66.8 cm³/mol. The van der Waals surface area contributed by atoms with Crippen molar-refractivity contribution in [1.82, 2.24) is 4.90 Å². The van der Waals surface area contributed by atoms with Crippen molar-refractivity contribution in [1.29, 1.82) is 0 Å². The molecule has 1 aromatic rings. The van der Waals surface area contributed by atoms with Crippen LogP contribution < -0.4 is 10.5 Å². The van der Waals surface area contributed by atoms with E-state index in [0.717, 1.165) is 24.4 Å². The molecule has 0 atom stereocenters. The average Bonchev–Trinajstić information content (AvgIpc) is 2.81. The first kappa shape index (κ1) is 11.3. The number of rotatable bonds is 4. The van der Waals surface area contributed by atoms with Gasteiger partial charge < -0.3 is 15.4 Å². The molecule has 88 valence electrons. The molecule has 16 heavy (non-hydrogen) atoms. The molecule has 0 radical (unpaired) electrons. The standard InChI is InChI=1S/C13H20N2O/c1-16-12-4-5-13(14)11(10-12)6-9-15-7-2-3-8-15/h4-5,10H,2-3,6-9,14H2,1H3. The Kier molecular flexibility index (Phi) is 3.67. The third-order valence-corrected chi connectivity index (χ3v) is 3.25. The number of benzene rings is 1. The van der Waals surface area contributed by atoms with Crippen LogP contribution in [0, 0.1) is 0 Å². The fourth-order valence-electron chi connectivity index (χ4n) is 2.21. The first-order valence-electron chi connectivity index (χ1n) is 5.94. The summed E-state index contributed by atoms with van der Waals surface area (Å²) in [5.74, 6) is 0.894. The summed E-state index contributed by atoms with van der Waals surface area (Å²) in [6.45, 7) is 3.59. The second kappa shape index (κ2) is 5.21. The third-order valence-electron chi connectivity index (χ3n) is 3.25. The van der Waals surface area contributed by atoms with E-state index in [1.165, 1.54) is 31.5 Å². The maximum absolute atomic E-state index is 5.95. The smallest absolute Gasteiger partial charge is 0.119 e. The highest BCUT2D eigenvalue weighted by atomic mass is 16.5. The van der Waals surface area contributed by atoms with Crippen molar-refractivity contribution < 1.29 is 4.74 Å². The number of likely N-dealkylation sites (tertiary alicyclic amines) is 1. The Bertz CT molecular complexity index is 346. The minimum atomic E-state index is 0.875. The minimum Gasteiger partial charge on any atom is -0.497 e. The van der Waals surface area contributed by atoms with Gasteiger partial charge in [0.1, 0.15) is 5.75 Å². The van der Waals surface area contributed by atoms with Gasteiger partial charge in [0, 0.05) is 12.2 Å². The van der Waals surface area contributed by atoms with Gasteiger partial charge in [-0.2, -0.15) is 0 Å². The molecule has 0 bridgehead atoms. The van der Waals surface area contributed by atoms with E-state index in [1.807, 2.05) is 18.2 Å². The molecule has 0 unspecified atom stereocenters. The van der Waals surface area contributed by atoms with Crippen LogP contribution in [0.3, 0.4) is 0 Å². The zero-order chi connectivity index (χ0) is 11.4. The highest BCUT2D eigenvalue weighted by molar-refractivity contribution is 5.50. The van der Waals surface area contributed by atoms with Crippen LogP contribution in [0.1, 0.15) is 18.4 Å². The van der Waals surface area contributed by atoms with E-state index in [4.69, 9.17) is 10.5 Å². The molecule has 1 aromatic carbocycles. The Balaban J connectivity index is 1.96. The van der Waals surface area contributed by atoms with Crippen molar-refractivity contribution in [2.45, 2.75) is 19.3 Å². The molecule has 3 nitrogen and oxygen atoms in total. The molecule has 0 amide bonds. The quantitative estimate of drug-likeness (QED) is 0.788. The number of ether oxygens (including phenoxy) is 1. The van der Waals surface area contributed by atoms with Crippen molar-refractivity contribution in [2.24, 2.45) is 0 Å². The first-order chi connectivity index (χ1) is 7.79. The van der Waals surface area contributed by atoms with Gasteiger partial charge in [-0.1, -0.05) is 0 Å². The van der Waals surface area contributed by atoms with E-state index >= 15 is 0 Å². The molecular weight excluding hydrogens is 200 g/mol. The van der Waals surface area contributed by atoms with Gasteiger partial charge in [-0.25, -0.2) is 0 Å². The van der Waals surface area contributed by atoms with Crippen molar-refractivity contribution in [3.05, 3.63) is 23.8 Å². The molecule has 2 rings (SSSR count). The summed E-state index contributed by atoms with van der Waals surface area (Å²) in [6, 6.07) is 5.89. The summed E-state index contributed by atoms with van der Waals surface area (Å²) < 4.78 is 5.21. The zero-order valence-corrected chi connectivity index (χ0v) is 9.91. The predicted octanol–water partition coefficient (Wildman–Crippen LogP) is 1.92. The van der Waals surface area contributed by atoms with E-state index in [9.17, 15) is 0 Å². The van der Waals surface area contributed by atoms with E-state index in [2.05, 4.69) is 4.90 Å². The summed E-state index contributed by atoms with van der Waals surface area (Å²) >= 11 is 0. The maximum Gasteiger partial charge on any atom is 0.119 e. The second-order valence-electron chi connectivity index (χ2n) is 4.36. The van der Waals surface area contributed by atoms with Crippen molar-refractivity contribution >= 4 is 5.69 Å². The normalized spacial score (nSPS) is 16.6. The van der Waals surface area contributed by atoms with Crippen LogP contribution in [0.25, 0.3) is 0 Å². The molecule has 1 aliphatic rings. The Labute approximate surface area is 97.2 Å². The number of methoxy groups -OCH3 is 1. The lowest BCUT2D eigenvalue weighted by atomic mass is 10.1. The van der Waals surface area contributed by atoms with Gasteiger partial charge in [-0.3, -0.25) is 0 Å². The summed E-state index contributed by atoms with van der Waals surface area (Å²) in [6.07, 6.45) is 3.70. The van der Waals surface area contributed by atoms with Gasteiger partial charge in [0.15, 0.2) is 0 Å². The molecule has 0 spiro atoms. The van der Waals surface area contributed by atoms with Crippen molar-refractivity contribution in [3.8, 4) is 5.75 Å². The molecule has 1 aliphatic heterocycles. The number of hydrogen-bond donors (Lipinski definition) is 1. The van der Waals surface area contributed by atoms with E-state index in [1.54, 1.807) is 7.11 Å². The fraction of sp³-hybridized carbons (Fsp3) is 0.538. The van der Waals surface area contributed by atoms with Gasteiger partial charge in [0.05, 0.1) is 7.11 Å². The third kappa shape index (κ3) is 2.67. The molecule has 0 saturated carbocycles. The van der Waals surface area contributed by atoms with Crippen LogP contribution in [-0.2, 0) is 6.42 Å². The van der Waals surface area contributed by atoms with Gasteiger partial charge in [0.25, 0.3) is 0 Å². The number of nitrogens with two attached hydrogens (primary N) is 1. The summed E-state index contributed by atoms with van der Waals surface area (Å²) in [5, 5.41) is 0. The molecule has 0 aromatic heterocycles. The van der Waals surface area contributed by atoms with Crippen molar-refractivity contribution in [2.75, 3.05) is 32.5 Å². The number of nitrogens with zero attached hydrogens (tertiary/aromatic N) is 1. The van der Waals surface area contributed by atoms with Gasteiger partial charge in [-0.15, -0.1) is 0 Å². The highest BCUT2D eigenvalue weighted by Gasteiger charge is 2.11. The first-order valence-corrected chi connectivity index (χ1v) is 5.94. The number of nitrogen functional groups attached to an aromatic ring is 1. The minimum absolute atomic E-state index is 0.875. The molecule has 2 N–H and O–H groups in total. The van der Waals surface area contributed by atoms with E-state index in [0.29, 0.717) is 0 Å². The largest absolute Gasteiger partial charge is 0.497 e. The molecule has 1 saturated heterocycles. The Hall–Kier alpha value is -1.22. The zero-order valence-electron chi connectivity index (χ0n) is 9.91. The lowest BCUT2D eigenvalue weighted by Gasteiger charge is -2.15. The summed E-state index contributed by atoms with van der Waals surface area (Å²) in [5.41, 5.74) is 8.03. The van der Waals surface area contributed by atoms with Crippen LogP contribution in [0.2, 0.25) is 0 Å².